The smallest absolute Gasteiger partial charge is 0.399 e. The molecule has 6 heteroatoms. The fourth-order valence-electron chi connectivity index (χ4n) is 3.53. The third kappa shape index (κ3) is 3.35. The second kappa shape index (κ2) is 6.23. The van der Waals surface area contributed by atoms with Crippen LogP contribution in [-0.2, 0) is 9.31 Å². The summed E-state index contributed by atoms with van der Waals surface area (Å²) >= 11 is 0. The van der Waals surface area contributed by atoms with Gasteiger partial charge in [0.15, 0.2) is 0 Å². The number of rotatable bonds is 4. The molecular formula is C17H29BN2O3. The van der Waals surface area contributed by atoms with Gasteiger partial charge in [-0.2, -0.15) is 5.10 Å². The lowest BCUT2D eigenvalue weighted by Crippen LogP contribution is -2.41. The van der Waals surface area contributed by atoms with Crippen LogP contribution in [0.3, 0.4) is 0 Å². The molecule has 0 unspecified atom stereocenters. The Morgan fingerprint density at radius 1 is 1.17 bits per heavy atom. The standard InChI is InChI=1S/C17H29BN2O3/c1-16(2)17(3,4)23-18(22-16)14-11-19-20(12-14)15-7-5-13(6-8-15)9-10-21/h11-13,15,21H,5-10H2,1-4H3. The van der Waals surface area contributed by atoms with Gasteiger partial charge < -0.3 is 14.4 Å². The molecule has 2 heterocycles. The first kappa shape index (κ1) is 17.0. The quantitative estimate of drug-likeness (QED) is 0.865. The van der Waals surface area contributed by atoms with Crippen molar-refractivity contribution in [2.75, 3.05) is 6.61 Å². The highest BCUT2D eigenvalue weighted by atomic mass is 16.7. The Bertz CT molecular complexity index is 520. The maximum Gasteiger partial charge on any atom is 0.498 e. The first-order valence-electron chi connectivity index (χ1n) is 8.83. The molecule has 2 aliphatic rings. The monoisotopic (exact) mass is 320 g/mol. The predicted octanol–water partition coefficient (Wildman–Crippen LogP) is 2.30. The average Bonchev–Trinajstić information content (AvgIpc) is 3.04. The van der Waals surface area contributed by atoms with Gasteiger partial charge in [0.1, 0.15) is 0 Å². The summed E-state index contributed by atoms with van der Waals surface area (Å²) in [6, 6.07) is 0.459. The van der Waals surface area contributed by atoms with Gasteiger partial charge in [-0.25, -0.2) is 0 Å². The SMILES string of the molecule is CC1(C)OB(c2cnn(C3CCC(CCO)CC3)c2)OC1(C)C. The van der Waals surface area contributed by atoms with E-state index >= 15 is 0 Å². The molecular weight excluding hydrogens is 291 g/mol. The first-order chi connectivity index (χ1) is 10.8. The van der Waals surface area contributed by atoms with Crippen molar-refractivity contribution in [2.24, 2.45) is 5.92 Å². The number of nitrogens with zero attached hydrogens (tertiary/aromatic N) is 2. The van der Waals surface area contributed by atoms with Gasteiger partial charge in [0.25, 0.3) is 0 Å². The normalized spacial score (nSPS) is 29.9. The van der Waals surface area contributed by atoms with Crippen molar-refractivity contribution in [1.82, 2.24) is 9.78 Å². The van der Waals surface area contributed by atoms with Crippen LogP contribution in [0.1, 0.15) is 65.8 Å². The molecule has 1 saturated heterocycles. The van der Waals surface area contributed by atoms with Crippen molar-refractivity contribution in [1.29, 1.82) is 0 Å². The van der Waals surface area contributed by atoms with Crippen LogP contribution < -0.4 is 5.46 Å². The molecule has 1 N–H and O–H groups in total. The van der Waals surface area contributed by atoms with E-state index in [0.29, 0.717) is 18.6 Å². The maximum absolute atomic E-state index is 9.07. The topological polar surface area (TPSA) is 56.5 Å². The lowest BCUT2D eigenvalue weighted by Gasteiger charge is -2.32. The Morgan fingerprint density at radius 2 is 1.78 bits per heavy atom. The van der Waals surface area contributed by atoms with Crippen LogP contribution in [0.25, 0.3) is 0 Å². The summed E-state index contributed by atoms with van der Waals surface area (Å²) in [6.07, 6.45) is 9.52. The van der Waals surface area contributed by atoms with Gasteiger partial charge in [0.05, 0.1) is 17.2 Å². The fourth-order valence-corrected chi connectivity index (χ4v) is 3.53. The highest BCUT2D eigenvalue weighted by Crippen LogP contribution is 2.37. The average molecular weight is 320 g/mol. The van der Waals surface area contributed by atoms with E-state index in [2.05, 4.69) is 43.7 Å². The molecule has 1 aliphatic heterocycles. The lowest BCUT2D eigenvalue weighted by atomic mass is 9.81. The largest absolute Gasteiger partial charge is 0.498 e. The summed E-state index contributed by atoms with van der Waals surface area (Å²) < 4.78 is 14.3. The van der Waals surface area contributed by atoms with Crippen LogP contribution in [0.4, 0.5) is 0 Å². The van der Waals surface area contributed by atoms with E-state index in [1.54, 1.807) is 0 Å². The van der Waals surface area contributed by atoms with Crippen molar-refractivity contribution in [3.05, 3.63) is 12.4 Å². The molecule has 1 aliphatic carbocycles. The van der Waals surface area contributed by atoms with Gasteiger partial charge in [0.2, 0.25) is 0 Å². The summed E-state index contributed by atoms with van der Waals surface area (Å²) in [4.78, 5) is 0. The highest BCUT2D eigenvalue weighted by Gasteiger charge is 2.52. The molecule has 0 aromatic carbocycles. The summed E-state index contributed by atoms with van der Waals surface area (Å²) in [5.41, 5.74) is 0.366. The molecule has 1 aromatic rings. The van der Waals surface area contributed by atoms with Gasteiger partial charge in [-0.3, -0.25) is 4.68 Å². The number of aliphatic hydroxyl groups is 1. The zero-order valence-electron chi connectivity index (χ0n) is 14.8. The number of hydrogen-bond acceptors (Lipinski definition) is 4. The minimum atomic E-state index is -0.334. The third-order valence-corrected chi connectivity index (χ3v) is 5.87. The van der Waals surface area contributed by atoms with Crippen LogP contribution in [0.15, 0.2) is 12.4 Å². The Balaban J connectivity index is 1.64. The molecule has 1 aromatic heterocycles. The van der Waals surface area contributed by atoms with Crippen molar-refractivity contribution in [3.63, 3.8) is 0 Å². The first-order valence-corrected chi connectivity index (χ1v) is 8.83. The molecule has 3 rings (SSSR count). The van der Waals surface area contributed by atoms with Gasteiger partial charge in [-0.1, -0.05) is 0 Å². The third-order valence-electron chi connectivity index (χ3n) is 5.87. The minimum Gasteiger partial charge on any atom is -0.399 e. The van der Waals surface area contributed by atoms with Crippen molar-refractivity contribution in [3.8, 4) is 0 Å². The minimum absolute atomic E-state index is 0.309. The van der Waals surface area contributed by atoms with Crippen LogP contribution in [0.5, 0.6) is 0 Å². The summed E-state index contributed by atoms with van der Waals surface area (Å²) in [5.74, 6) is 0.675. The summed E-state index contributed by atoms with van der Waals surface area (Å²) in [7, 11) is -0.334. The molecule has 5 nitrogen and oxygen atoms in total. The van der Waals surface area contributed by atoms with E-state index in [1.807, 2.05) is 6.20 Å². The Hall–Kier alpha value is -0.845. The van der Waals surface area contributed by atoms with Crippen LogP contribution in [0.2, 0.25) is 0 Å². The van der Waals surface area contributed by atoms with E-state index < -0.39 is 0 Å². The zero-order chi connectivity index (χ0) is 16.7. The van der Waals surface area contributed by atoms with Crippen molar-refractivity contribution >= 4 is 12.6 Å². The van der Waals surface area contributed by atoms with Gasteiger partial charge >= 0.3 is 7.12 Å². The Labute approximate surface area is 139 Å². The molecule has 0 atom stereocenters. The molecule has 1 saturated carbocycles. The molecule has 128 valence electrons. The predicted molar refractivity (Wildman–Crippen MR) is 90.6 cm³/mol. The van der Waals surface area contributed by atoms with Gasteiger partial charge in [0, 0.05) is 24.5 Å². The highest BCUT2D eigenvalue weighted by molar-refractivity contribution is 6.61. The molecule has 0 spiro atoms. The van der Waals surface area contributed by atoms with E-state index in [1.165, 1.54) is 12.8 Å². The maximum atomic E-state index is 9.07. The molecule has 0 bridgehead atoms. The van der Waals surface area contributed by atoms with Crippen molar-refractivity contribution < 1.29 is 14.4 Å². The molecule has 0 radical (unpaired) electrons. The van der Waals surface area contributed by atoms with Gasteiger partial charge in [-0.05, 0) is 65.7 Å². The molecule has 2 fully saturated rings. The molecule has 0 amide bonds. The lowest BCUT2D eigenvalue weighted by molar-refractivity contribution is 0.00578. The van der Waals surface area contributed by atoms with E-state index in [4.69, 9.17) is 14.4 Å². The zero-order valence-corrected chi connectivity index (χ0v) is 14.8. The van der Waals surface area contributed by atoms with Gasteiger partial charge in [-0.15, -0.1) is 0 Å². The van der Waals surface area contributed by atoms with Crippen LogP contribution >= 0.6 is 0 Å². The second-order valence-electron chi connectivity index (χ2n) is 8.03. The fraction of sp³-hybridized carbons (Fsp3) is 0.824. The van der Waals surface area contributed by atoms with Crippen LogP contribution in [-0.4, -0.2) is 39.8 Å². The van der Waals surface area contributed by atoms with E-state index in [9.17, 15) is 0 Å². The Morgan fingerprint density at radius 3 is 2.35 bits per heavy atom. The Kier molecular flexibility index (Phi) is 4.60. The summed E-state index contributed by atoms with van der Waals surface area (Å²) in [6.45, 7) is 8.59. The van der Waals surface area contributed by atoms with E-state index in [0.717, 1.165) is 24.7 Å². The van der Waals surface area contributed by atoms with E-state index in [-0.39, 0.29) is 18.3 Å². The number of aromatic nitrogens is 2. The van der Waals surface area contributed by atoms with Crippen molar-refractivity contribution in [2.45, 2.75) is 77.0 Å². The number of aliphatic hydroxyl groups excluding tert-OH is 1. The number of hydrogen-bond donors (Lipinski definition) is 1. The second-order valence-corrected chi connectivity index (χ2v) is 8.03. The van der Waals surface area contributed by atoms with Crippen LogP contribution in [0, 0.1) is 5.92 Å². The summed E-state index contributed by atoms with van der Waals surface area (Å²) in [5, 5.41) is 13.6. The molecule has 23 heavy (non-hydrogen) atoms.